The number of carbonyl (C=O) groups is 1. The zero-order valence-corrected chi connectivity index (χ0v) is 18.8. The number of H-pyrrole nitrogens is 1. The van der Waals surface area contributed by atoms with Gasteiger partial charge in [-0.25, -0.2) is 18.4 Å². The summed E-state index contributed by atoms with van der Waals surface area (Å²) in [6, 6.07) is 12.0. The highest BCUT2D eigenvalue weighted by Gasteiger charge is 2.31. The van der Waals surface area contributed by atoms with Gasteiger partial charge in [0.25, 0.3) is 5.91 Å². The van der Waals surface area contributed by atoms with Gasteiger partial charge in [-0.05, 0) is 43.7 Å². The van der Waals surface area contributed by atoms with Gasteiger partial charge in [-0.3, -0.25) is 4.79 Å². The molecule has 0 fully saturated rings. The summed E-state index contributed by atoms with van der Waals surface area (Å²) >= 11 is 0. The van der Waals surface area contributed by atoms with Crippen LogP contribution in [0.15, 0.2) is 59.8 Å². The van der Waals surface area contributed by atoms with Crippen LogP contribution in [0.2, 0.25) is 0 Å². The lowest BCUT2D eigenvalue weighted by atomic mass is 10.1. The third-order valence-corrected chi connectivity index (χ3v) is 8.00. The monoisotopic (exact) mass is 456 g/mol. The van der Waals surface area contributed by atoms with Crippen molar-refractivity contribution >= 4 is 32.6 Å². The maximum atomic E-state index is 13.1. The predicted octanol–water partition coefficient (Wildman–Crippen LogP) is 3.95. The van der Waals surface area contributed by atoms with Crippen LogP contribution in [0, 0.1) is 12.3 Å². The number of carbonyl (C=O) groups excluding carboxylic acids is 1. The number of aromatic nitrogens is 3. The van der Waals surface area contributed by atoms with Crippen molar-refractivity contribution in [3.05, 3.63) is 71.5 Å². The van der Waals surface area contributed by atoms with Crippen LogP contribution in [0.4, 0.5) is 5.69 Å². The van der Waals surface area contributed by atoms with Gasteiger partial charge in [-0.1, -0.05) is 24.1 Å². The molecule has 0 saturated heterocycles. The summed E-state index contributed by atoms with van der Waals surface area (Å²) in [5.41, 5.74) is 5.20. The quantitative estimate of drug-likeness (QED) is 0.469. The van der Waals surface area contributed by atoms with Crippen molar-refractivity contribution in [2.45, 2.75) is 30.5 Å². The third-order valence-electron chi connectivity index (χ3n) is 5.83. The normalized spacial score (nSPS) is 13.5. The molecule has 4 aromatic rings. The van der Waals surface area contributed by atoms with Crippen LogP contribution in [0.1, 0.15) is 35.3 Å². The van der Waals surface area contributed by atoms with E-state index in [9.17, 15) is 13.2 Å². The number of hydrogen-bond acceptors (Lipinski definition) is 5. The number of sulfone groups is 1. The van der Waals surface area contributed by atoms with E-state index in [4.69, 9.17) is 11.4 Å². The molecule has 3 heterocycles. The Bertz CT molecular complexity index is 1560. The smallest absolute Gasteiger partial charge is 0.259 e. The second kappa shape index (κ2) is 7.57. The Kier molecular flexibility index (Phi) is 4.80. The van der Waals surface area contributed by atoms with Crippen LogP contribution in [0.5, 0.6) is 0 Å². The SMILES string of the molecule is C#Cc1ccc2c(c1)C(=O)N(c1c[nH]c3ncc(-c4ccc(S(=O)(=O)C(C)C)cc4)nc13)C2. The second-order valence-electron chi connectivity index (χ2n) is 8.15. The second-order valence-corrected chi connectivity index (χ2v) is 10.7. The van der Waals surface area contributed by atoms with E-state index < -0.39 is 15.1 Å². The van der Waals surface area contributed by atoms with Gasteiger partial charge in [-0.2, -0.15) is 0 Å². The number of amides is 1. The molecule has 164 valence electrons. The van der Waals surface area contributed by atoms with Crippen LogP contribution in [0.25, 0.3) is 22.4 Å². The van der Waals surface area contributed by atoms with Crippen LogP contribution in [0.3, 0.4) is 0 Å². The summed E-state index contributed by atoms with van der Waals surface area (Å²) in [5.74, 6) is 2.42. The topological polar surface area (TPSA) is 96.0 Å². The summed E-state index contributed by atoms with van der Waals surface area (Å²) < 4.78 is 24.8. The fraction of sp³-hybridized carbons (Fsp3) is 0.160. The van der Waals surface area contributed by atoms with Crippen LogP contribution in [-0.2, 0) is 16.4 Å². The van der Waals surface area contributed by atoms with Crippen molar-refractivity contribution in [2.24, 2.45) is 0 Å². The molecule has 0 radical (unpaired) electrons. The van der Waals surface area contributed by atoms with E-state index in [1.54, 1.807) is 61.5 Å². The Hall–Kier alpha value is -3.96. The molecule has 8 heteroatoms. The average molecular weight is 457 g/mol. The van der Waals surface area contributed by atoms with Crippen molar-refractivity contribution in [3.63, 3.8) is 0 Å². The van der Waals surface area contributed by atoms with Gasteiger partial charge in [0.2, 0.25) is 0 Å². The fourth-order valence-electron chi connectivity index (χ4n) is 3.90. The molecule has 1 aliphatic rings. The van der Waals surface area contributed by atoms with Crippen LogP contribution in [-0.4, -0.2) is 34.5 Å². The van der Waals surface area contributed by atoms with Gasteiger partial charge >= 0.3 is 0 Å². The molecule has 1 N–H and O–H groups in total. The minimum absolute atomic E-state index is 0.140. The lowest BCUT2D eigenvalue weighted by Gasteiger charge is -2.14. The number of nitrogens with one attached hydrogen (secondary N) is 1. The van der Waals surface area contributed by atoms with Crippen LogP contribution >= 0.6 is 0 Å². The van der Waals surface area contributed by atoms with Crippen molar-refractivity contribution in [1.29, 1.82) is 0 Å². The first kappa shape index (κ1) is 20.9. The first-order chi connectivity index (χ1) is 15.8. The summed E-state index contributed by atoms with van der Waals surface area (Å²) in [5, 5.41) is -0.499. The fourth-order valence-corrected chi connectivity index (χ4v) is 4.96. The number of aromatic amines is 1. The molecule has 1 amide bonds. The number of terminal acetylenes is 1. The molecule has 0 saturated carbocycles. The first-order valence-electron chi connectivity index (χ1n) is 10.4. The number of anilines is 1. The maximum absolute atomic E-state index is 13.1. The maximum Gasteiger partial charge on any atom is 0.259 e. The minimum Gasteiger partial charge on any atom is -0.343 e. The van der Waals surface area contributed by atoms with Gasteiger partial charge < -0.3 is 9.88 Å². The molecule has 0 spiro atoms. The first-order valence-corrected chi connectivity index (χ1v) is 11.9. The lowest BCUT2D eigenvalue weighted by Crippen LogP contribution is -2.22. The minimum atomic E-state index is -3.35. The Morgan fingerprint density at radius 1 is 1.15 bits per heavy atom. The summed E-state index contributed by atoms with van der Waals surface area (Å²) in [6.45, 7) is 3.72. The lowest BCUT2D eigenvalue weighted by molar-refractivity contribution is 0.0996. The molecule has 2 aromatic carbocycles. The molecule has 7 nitrogen and oxygen atoms in total. The predicted molar refractivity (Wildman–Crippen MR) is 127 cm³/mol. The van der Waals surface area contributed by atoms with Crippen LogP contribution < -0.4 is 4.90 Å². The third kappa shape index (κ3) is 3.38. The number of nitrogens with zero attached hydrogens (tertiary/aromatic N) is 3. The number of rotatable bonds is 4. The molecule has 0 aliphatic carbocycles. The summed E-state index contributed by atoms with van der Waals surface area (Å²) in [6.07, 6.45) is 8.82. The highest BCUT2D eigenvalue weighted by Crippen LogP contribution is 2.33. The van der Waals surface area contributed by atoms with E-state index in [1.165, 1.54) is 0 Å². The number of fused-ring (bicyclic) bond motifs is 2. The van der Waals surface area contributed by atoms with E-state index in [2.05, 4.69) is 15.9 Å². The number of benzene rings is 2. The van der Waals surface area contributed by atoms with Gasteiger partial charge in [-0.15, -0.1) is 6.42 Å². The average Bonchev–Trinajstić information content (AvgIpc) is 3.38. The van der Waals surface area contributed by atoms with E-state index in [-0.39, 0.29) is 10.8 Å². The van der Waals surface area contributed by atoms with Gasteiger partial charge in [0.05, 0.1) is 34.3 Å². The zero-order chi connectivity index (χ0) is 23.3. The van der Waals surface area contributed by atoms with Crippen molar-refractivity contribution in [3.8, 4) is 23.6 Å². The van der Waals surface area contributed by atoms with E-state index in [0.717, 1.165) is 11.1 Å². The van der Waals surface area contributed by atoms with E-state index in [1.807, 2.05) is 12.1 Å². The molecule has 5 rings (SSSR count). The molecule has 1 aliphatic heterocycles. The van der Waals surface area contributed by atoms with E-state index in [0.29, 0.717) is 40.2 Å². The Morgan fingerprint density at radius 2 is 1.91 bits per heavy atom. The highest BCUT2D eigenvalue weighted by molar-refractivity contribution is 7.92. The van der Waals surface area contributed by atoms with Crippen molar-refractivity contribution < 1.29 is 13.2 Å². The molecule has 0 unspecified atom stereocenters. The Balaban J connectivity index is 1.52. The largest absolute Gasteiger partial charge is 0.343 e. The summed E-state index contributed by atoms with van der Waals surface area (Å²) in [4.78, 5) is 27.3. The Morgan fingerprint density at radius 3 is 2.61 bits per heavy atom. The highest BCUT2D eigenvalue weighted by atomic mass is 32.2. The molecule has 33 heavy (non-hydrogen) atoms. The molecular formula is C25H20N4O3S. The molecule has 0 bridgehead atoms. The number of hydrogen-bond donors (Lipinski definition) is 1. The molecular weight excluding hydrogens is 436 g/mol. The standard InChI is InChI=1S/C25H20N4O3S/c1-4-16-5-6-18-14-29(25(30)20(18)11-16)22-13-27-24-23(22)28-21(12-26-24)17-7-9-19(10-8-17)33(31,32)15(2)3/h1,5-13,15H,14H2,2-3H3,(H,26,27). The molecule has 2 aromatic heterocycles. The summed E-state index contributed by atoms with van der Waals surface area (Å²) in [7, 11) is -3.35. The van der Waals surface area contributed by atoms with Crippen molar-refractivity contribution in [2.75, 3.05) is 4.90 Å². The van der Waals surface area contributed by atoms with Gasteiger partial charge in [0, 0.05) is 22.9 Å². The van der Waals surface area contributed by atoms with Crippen molar-refractivity contribution in [1.82, 2.24) is 15.0 Å². The Labute approximate surface area is 191 Å². The van der Waals surface area contributed by atoms with E-state index >= 15 is 0 Å². The zero-order valence-electron chi connectivity index (χ0n) is 18.0. The van der Waals surface area contributed by atoms with Gasteiger partial charge in [0.1, 0.15) is 5.52 Å². The van der Waals surface area contributed by atoms with Gasteiger partial charge in [0.15, 0.2) is 15.5 Å². The molecule has 0 atom stereocenters.